The number of likely N-dealkylation sites (N-methyl/N-ethyl adjacent to an activating group) is 1. The highest BCUT2D eigenvalue weighted by Gasteiger charge is 2.18. The summed E-state index contributed by atoms with van der Waals surface area (Å²) in [5, 5.41) is 2.93. The third kappa shape index (κ3) is 3.94. The molecule has 5 nitrogen and oxygen atoms in total. The van der Waals surface area contributed by atoms with Gasteiger partial charge in [-0.2, -0.15) is 0 Å². The molecule has 1 aliphatic rings. The van der Waals surface area contributed by atoms with Gasteiger partial charge in [0.25, 0.3) is 5.91 Å². The number of halogens is 1. The Balaban J connectivity index is 1.71. The van der Waals surface area contributed by atoms with E-state index in [2.05, 4.69) is 43.0 Å². The molecule has 0 unspecified atom stereocenters. The first-order chi connectivity index (χ1) is 11.7. The maximum Gasteiger partial charge on any atom is 0.255 e. The van der Waals surface area contributed by atoms with E-state index in [0.717, 1.165) is 48.7 Å². The number of pyridine rings is 1. The molecular weight excluding hydrogens is 368 g/mol. The molecule has 0 bridgehead atoms. The van der Waals surface area contributed by atoms with Crippen molar-refractivity contribution >= 4 is 33.3 Å². The first kappa shape index (κ1) is 16.9. The molecule has 0 spiro atoms. The second-order valence-corrected chi connectivity index (χ2v) is 6.61. The van der Waals surface area contributed by atoms with Crippen LogP contribution in [0.15, 0.2) is 47.1 Å². The second-order valence-electron chi connectivity index (χ2n) is 5.76. The second kappa shape index (κ2) is 7.77. The highest BCUT2D eigenvalue weighted by atomic mass is 79.9. The van der Waals surface area contributed by atoms with Crippen LogP contribution in [0.1, 0.15) is 17.3 Å². The molecule has 1 aliphatic heterocycles. The van der Waals surface area contributed by atoms with Gasteiger partial charge in [0.15, 0.2) is 0 Å². The molecule has 1 N–H and O–H groups in total. The van der Waals surface area contributed by atoms with Gasteiger partial charge in [-0.1, -0.05) is 19.1 Å². The minimum Gasteiger partial charge on any atom is -0.354 e. The predicted octanol–water partition coefficient (Wildman–Crippen LogP) is 3.24. The van der Waals surface area contributed by atoms with Crippen molar-refractivity contribution in [3.05, 3.63) is 52.6 Å². The van der Waals surface area contributed by atoms with Gasteiger partial charge in [-0.15, -0.1) is 0 Å². The monoisotopic (exact) mass is 388 g/mol. The fraction of sp³-hybridized carbons (Fsp3) is 0.333. The summed E-state index contributed by atoms with van der Waals surface area (Å²) < 4.78 is 0.864. The number of anilines is 2. The van der Waals surface area contributed by atoms with E-state index in [1.54, 1.807) is 12.3 Å². The third-order valence-electron chi connectivity index (χ3n) is 4.27. The van der Waals surface area contributed by atoms with Gasteiger partial charge in [-0.25, -0.2) is 4.98 Å². The highest BCUT2D eigenvalue weighted by molar-refractivity contribution is 9.10. The maximum atomic E-state index is 12.5. The number of carbonyl (C=O) groups is 1. The van der Waals surface area contributed by atoms with Crippen LogP contribution >= 0.6 is 15.9 Å². The molecule has 0 saturated carbocycles. The van der Waals surface area contributed by atoms with Gasteiger partial charge in [0, 0.05) is 42.4 Å². The largest absolute Gasteiger partial charge is 0.354 e. The average Bonchev–Trinajstić information content (AvgIpc) is 2.64. The Morgan fingerprint density at radius 3 is 2.67 bits per heavy atom. The average molecular weight is 389 g/mol. The Labute approximate surface area is 150 Å². The number of rotatable bonds is 4. The summed E-state index contributed by atoms with van der Waals surface area (Å²) in [6.07, 6.45) is 1.70. The van der Waals surface area contributed by atoms with Crippen molar-refractivity contribution in [3.8, 4) is 0 Å². The summed E-state index contributed by atoms with van der Waals surface area (Å²) in [5.74, 6) is 0.739. The number of benzene rings is 1. The molecule has 0 radical (unpaired) electrons. The van der Waals surface area contributed by atoms with Gasteiger partial charge in [-0.3, -0.25) is 4.79 Å². The number of hydrogen-bond acceptors (Lipinski definition) is 4. The zero-order chi connectivity index (χ0) is 16.9. The van der Waals surface area contributed by atoms with Crippen molar-refractivity contribution in [2.45, 2.75) is 6.92 Å². The lowest BCUT2D eigenvalue weighted by atomic mass is 10.2. The quantitative estimate of drug-likeness (QED) is 0.873. The van der Waals surface area contributed by atoms with Crippen LogP contribution in [0.2, 0.25) is 0 Å². The normalized spacial score (nSPS) is 15.3. The number of hydrogen-bond donors (Lipinski definition) is 1. The molecule has 1 amide bonds. The number of carbonyl (C=O) groups excluding carboxylic acids is 1. The number of aromatic nitrogens is 1. The fourth-order valence-electron chi connectivity index (χ4n) is 2.78. The molecule has 6 heteroatoms. The van der Waals surface area contributed by atoms with Crippen LogP contribution in [-0.4, -0.2) is 48.5 Å². The van der Waals surface area contributed by atoms with Crippen LogP contribution in [0.25, 0.3) is 0 Å². The van der Waals surface area contributed by atoms with Crippen molar-refractivity contribution in [1.29, 1.82) is 0 Å². The van der Waals surface area contributed by atoms with E-state index in [4.69, 9.17) is 0 Å². The van der Waals surface area contributed by atoms with E-state index in [-0.39, 0.29) is 5.91 Å². The smallest absolute Gasteiger partial charge is 0.255 e. The van der Waals surface area contributed by atoms with Crippen molar-refractivity contribution in [2.75, 3.05) is 42.9 Å². The number of para-hydroxylation sites is 1. The van der Waals surface area contributed by atoms with E-state index in [9.17, 15) is 4.79 Å². The van der Waals surface area contributed by atoms with E-state index in [1.165, 1.54) is 0 Å². The SMILES string of the molecule is CCN1CCN(c2cc(C(=O)Nc3ccccc3Br)ccn2)CC1. The van der Waals surface area contributed by atoms with Gasteiger partial charge in [0.05, 0.1) is 5.69 Å². The summed E-state index contributed by atoms with van der Waals surface area (Å²) >= 11 is 3.45. The highest BCUT2D eigenvalue weighted by Crippen LogP contribution is 2.22. The predicted molar refractivity (Wildman–Crippen MR) is 101 cm³/mol. The first-order valence-electron chi connectivity index (χ1n) is 8.16. The molecule has 2 heterocycles. The molecule has 3 rings (SSSR count). The molecule has 126 valence electrons. The van der Waals surface area contributed by atoms with E-state index in [1.807, 2.05) is 30.3 Å². The standard InChI is InChI=1S/C18H21BrN4O/c1-2-22-9-11-23(12-10-22)17-13-14(7-8-20-17)18(24)21-16-6-4-3-5-15(16)19/h3-8,13H,2,9-12H2,1H3,(H,21,24). The first-order valence-corrected chi connectivity index (χ1v) is 8.96. The molecule has 1 fully saturated rings. The number of amides is 1. The summed E-state index contributed by atoms with van der Waals surface area (Å²) in [7, 11) is 0. The zero-order valence-electron chi connectivity index (χ0n) is 13.7. The van der Waals surface area contributed by atoms with Crippen LogP contribution in [0.4, 0.5) is 11.5 Å². The number of nitrogens with one attached hydrogen (secondary N) is 1. The van der Waals surface area contributed by atoms with Crippen LogP contribution in [0.3, 0.4) is 0 Å². The number of nitrogens with zero attached hydrogens (tertiary/aromatic N) is 3. The summed E-state index contributed by atoms with van der Waals surface area (Å²) in [5.41, 5.74) is 1.38. The minimum atomic E-state index is -0.127. The molecule has 24 heavy (non-hydrogen) atoms. The Bertz CT molecular complexity index is 714. The van der Waals surface area contributed by atoms with Gasteiger partial charge in [-0.05, 0) is 46.7 Å². The molecule has 1 aromatic carbocycles. The Morgan fingerprint density at radius 1 is 1.21 bits per heavy atom. The van der Waals surface area contributed by atoms with Crippen LogP contribution in [-0.2, 0) is 0 Å². The van der Waals surface area contributed by atoms with E-state index in [0.29, 0.717) is 5.56 Å². The van der Waals surface area contributed by atoms with Crippen molar-refractivity contribution < 1.29 is 4.79 Å². The van der Waals surface area contributed by atoms with Crippen LogP contribution in [0, 0.1) is 0 Å². The lowest BCUT2D eigenvalue weighted by Gasteiger charge is -2.34. The van der Waals surface area contributed by atoms with Gasteiger partial charge < -0.3 is 15.1 Å². The van der Waals surface area contributed by atoms with Crippen molar-refractivity contribution in [1.82, 2.24) is 9.88 Å². The van der Waals surface area contributed by atoms with Gasteiger partial charge in [0.1, 0.15) is 5.82 Å². The summed E-state index contributed by atoms with van der Waals surface area (Å²) in [4.78, 5) is 21.6. The topological polar surface area (TPSA) is 48.5 Å². The fourth-order valence-corrected chi connectivity index (χ4v) is 3.17. The van der Waals surface area contributed by atoms with E-state index >= 15 is 0 Å². The summed E-state index contributed by atoms with van der Waals surface area (Å²) in [6, 6.07) is 11.2. The molecule has 0 atom stereocenters. The third-order valence-corrected chi connectivity index (χ3v) is 4.96. The molecule has 1 aromatic heterocycles. The minimum absolute atomic E-state index is 0.127. The Hall–Kier alpha value is -1.92. The lowest BCUT2D eigenvalue weighted by molar-refractivity contribution is 0.102. The lowest BCUT2D eigenvalue weighted by Crippen LogP contribution is -2.46. The van der Waals surface area contributed by atoms with E-state index < -0.39 is 0 Å². The van der Waals surface area contributed by atoms with Gasteiger partial charge in [0.2, 0.25) is 0 Å². The summed E-state index contributed by atoms with van der Waals surface area (Å²) in [6.45, 7) is 7.21. The van der Waals surface area contributed by atoms with Crippen molar-refractivity contribution in [3.63, 3.8) is 0 Å². The van der Waals surface area contributed by atoms with Crippen molar-refractivity contribution in [2.24, 2.45) is 0 Å². The molecule has 2 aromatic rings. The Kier molecular flexibility index (Phi) is 5.48. The maximum absolute atomic E-state index is 12.5. The van der Waals surface area contributed by atoms with Gasteiger partial charge >= 0.3 is 0 Å². The van der Waals surface area contributed by atoms with Crippen LogP contribution < -0.4 is 10.2 Å². The molecule has 1 saturated heterocycles. The molecule has 0 aliphatic carbocycles. The Morgan fingerprint density at radius 2 is 1.96 bits per heavy atom. The zero-order valence-corrected chi connectivity index (χ0v) is 15.3. The van der Waals surface area contributed by atoms with Crippen LogP contribution in [0.5, 0.6) is 0 Å². The molecular formula is C18H21BrN4O. The number of piperazine rings is 1.